The van der Waals surface area contributed by atoms with Crippen LogP contribution in [0.25, 0.3) is 0 Å². The van der Waals surface area contributed by atoms with E-state index in [9.17, 15) is 21.4 Å². The van der Waals surface area contributed by atoms with Crippen molar-refractivity contribution in [1.82, 2.24) is 3.71 Å². The zero-order valence-electron chi connectivity index (χ0n) is 28.1. The Balaban J connectivity index is 2.13. The topological polar surface area (TPSA) is 194 Å². The minimum Gasteiger partial charge on any atom is -0.273 e. The van der Waals surface area contributed by atoms with Crippen molar-refractivity contribution in [2.24, 2.45) is 0 Å². The Kier molecular flexibility index (Phi) is 10.0. The Bertz CT molecular complexity index is 2440. The number of aryl methyl sites for hydroxylation is 4. The molecule has 0 saturated heterocycles. The van der Waals surface area contributed by atoms with Crippen LogP contribution in [0.15, 0.2) is 117 Å². The van der Waals surface area contributed by atoms with Crippen molar-refractivity contribution < 1.29 is 46.6 Å². The summed E-state index contributed by atoms with van der Waals surface area (Å²) in [6, 6.07) is 18.6. The van der Waals surface area contributed by atoms with Crippen LogP contribution in [0.5, 0.6) is 0 Å². The van der Waals surface area contributed by atoms with E-state index in [1.807, 2.05) is 0 Å². The van der Waals surface area contributed by atoms with Gasteiger partial charge in [0.15, 0.2) is 4.87 Å². The maximum Gasteiger partial charge on any atom is 0.351 e. The molecule has 17 heteroatoms. The average molecular weight is 796 g/mol. The lowest BCUT2D eigenvalue weighted by Gasteiger charge is -2.53. The predicted octanol–water partition coefficient (Wildman–Crippen LogP) is 5.10. The second-order valence-electron chi connectivity index (χ2n) is 12.7. The fourth-order valence-electron chi connectivity index (χ4n) is 6.65. The lowest BCUT2D eigenvalue weighted by molar-refractivity contribution is 0.239. The van der Waals surface area contributed by atoms with Crippen molar-refractivity contribution in [3.05, 3.63) is 119 Å². The van der Waals surface area contributed by atoms with E-state index in [0.717, 1.165) is 48.5 Å². The SMILES string of the molecule is Cc1ccc(S(=O)(=O)N(C2(S(=O)(=O)c3ccc(C)cc3)CCCCC2(S(=O)(=O)c2ccc(C)cc2)S(=O)(=O)c2ccc(C)cc2)S(=O)(=O)O)cc1. The van der Waals surface area contributed by atoms with Crippen molar-refractivity contribution in [2.45, 2.75) is 81.9 Å². The monoisotopic (exact) mass is 795 g/mol. The highest BCUT2D eigenvalue weighted by Crippen LogP contribution is 2.59. The number of benzene rings is 4. The van der Waals surface area contributed by atoms with E-state index in [1.165, 1.54) is 48.5 Å². The minimum atomic E-state index is -6.37. The zero-order chi connectivity index (χ0) is 37.8. The van der Waals surface area contributed by atoms with E-state index in [1.54, 1.807) is 27.7 Å². The molecule has 1 N–H and O–H groups in total. The van der Waals surface area contributed by atoms with Gasteiger partial charge in [-0.15, -0.1) is 0 Å². The second kappa shape index (κ2) is 13.2. The maximum atomic E-state index is 15.5. The van der Waals surface area contributed by atoms with Gasteiger partial charge in [-0.3, -0.25) is 4.55 Å². The standard InChI is InChI=1S/C34H37NO11S5/c1-25-7-15-29(16-8-25)47(36,37)33(35(51(44,45)46)50(42,43)32-21-13-28(4)14-22-32)23-5-6-24-34(33,48(38,39)30-17-9-26(2)10-18-30)49(40,41)31-19-11-27(3)12-20-31/h7-22H,5-6,23-24H2,1-4H3,(H,44,45,46). The summed E-state index contributed by atoms with van der Waals surface area (Å²) < 4.78 is 156. The first-order valence-corrected chi connectivity index (χ1v) is 22.9. The van der Waals surface area contributed by atoms with Gasteiger partial charge in [0.2, 0.25) is 33.6 Å². The Morgan fingerprint density at radius 3 is 1.08 bits per heavy atom. The maximum absolute atomic E-state index is 15.5. The summed E-state index contributed by atoms with van der Waals surface area (Å²) in [6.45, 7) is 6.44. The molecule has 1 aliphatic carbocycles. The first-order chi connectivity index (χ1) is 23.6. The quantitative estimate of drug-likeness (QED) is 0.210. The van der Waals surface area contributed by atoms with Crippen LogP contribution in [0, 0.1) is 27.7 Å². The molecule has 1 aliphatic rings. The number of sulfonamides is 1. The number of sulfone groups is 3. The molecule has 1 fully saturated rings. The third-order valence-corrected chi connectivity index (χ3v) is 21.6. The van der Waals surface area contributed by atoms with E-state index in [2.05, 4.69) is 0 Å². The zero-order valence-corrected chi connectivity index (χ0v) is 32.2. The van der Waals surface area contributed by atoms with Gasteiger partial charge in [0.1, 0.15) is 0 Å². The largest absolute Gasteiger partial charge is 0.351 e. The van der Waals surface area contributed by atoms with Crippen LogP contribution in [0.1, 0.15) is 47.9 Å². The number of nitrogens with zero attached hydrogens (tertiary/aromatic N) is 1. The van der Waals surface area contributed by atoms with Crippen LogP contribution >= 0.6 is 0 Å². The van der Waals surface area contributed by atoms with Gasteiger partial charge in [-0.25, -0.2) is 33.7 Å². The van der Waals surface area contributed by atoms with Gasteiger partial charge in [0.05, 0.1) is 19.6 Å². The fraction of sp³-hybridized carbons (Fsp3) is 0.294. The summed E-state index contributed by atoms with van der Waals surface area (Å²) in [5, 5.41) is 0. The third-order valence-electron chi connectivity index (χ3n) is 9.21. The molecule has 0 amide bonds. The van der Waals surface area contributed by atoms with Crippen molar-refractivity contribution in [3.8, 4) is 0 Å². The first-order valence-electron chi connectivity index (χ1n) is 15.6. The Morgan fingerprint density at radius 1 is 0.451 bits per heavy atom. The molecule has 0 aromatic heterocycles. The van der Waals surface area contributed by atoms with Gasteiger partial charge < -0.3 is 0 Å². The minimum absolute atomic E-state index is 0.286. The van der Waals surface area contributed by atoms with Gasteiger partial charge >= 0.3 is 10.3 Å². The molecule has 4 aromatic rings. The molecule has 274 valence electrons. The van der Waals surface area contributed by atoms with E-state index >= 15 is 25.3 Å². The van der Waals surface area contributed by atoms with Crippen molar-refractivity contribution in [2.75, 3.05) is 0 Å². The molecule has 0 spiro atoms. The highest BCUT2D eigenvalue weighted by atomic mass is 32.3. The van der Waals surface area contributed by atoms with Crippen LogP contribution in [0.3, 0.4) is 0 Å². The van der Waals surface area contributed by atoms with Crippen LogP contribution in [0.2, 0.25) is 0 Å². The molecule has 12 nitrogen and oxygen atoms in total. The molecular weight excluding hydrogens is 759 g/mol. The summed E-state index contributed by atoms with van der Waals surface area (Å²) in [4.78, 5) is -7.00. The van der Waals surface area contributed by atoms with Crippen molar-refractivity contribution in [1.29, 1.82) is 0 Å². The van der Waals surface area contributed by atoms with Crippen LogP contribution < -0.4 is 0 Å². The highest BCUT2D eigenvalue weighted by Gasteiger charge is 2.80. The van der Waals surface area contributed by atoms with Crippen LogP contribution in [-0.4, -0.2) is 59.3 Å². The molecule has 51 heavy (non-hydrogen) atoms. The van der Waals surface area contributed by atoms with Crippen molar-refractivity contribution >= 4 is 49.8 Å². The average Bonchev–Trinajstić information content (AvgIpc) is 3.04. The fourth-order valence-corrected chi connectivity index (χ4v) is 20.1. The Labute approximate surface area is 299 Å². The molecular formula is C34H37NO11S5. The number of hydrogen-bond acceptors (Lipinski definition) is 10. The van der Waals surface area contributed by atoms with Gasteiger partial charge in [-0.05, 0) is 92.8 Å². The molecule has 1 saturated carbocycles. The van der Waals surface area contributed by atoms with Gasteiger partial charge in [0.25, 0.3) is 10.0 Å². The van der Waals surface area contributed by atoms with Gasteiger partial charge in [-0.1, -0.05) is 83.6 Å². The second-order valence-corrected chi connectivity index (χ2v) is 22.7. The van der Waals surface area contributed by atoms with E-state index in [4.69, 9.17) is 0 Å². The van der Waals surface area contributed by atoms with E-state index < -0.39 is 94.9 Å². The van der Waals surface area contributed by atoms with Crippen LogP contribution in [0.4, 0.5) is 0 Å². The molecule has 1 atom stereocenters. The number of hydrogen-bond donors (Lipinski definition) is 1. The van der Waals surface area contributed by atoms with Crippen molar-refractivity contribution in [3.63, 3.8) is 0 Å². The Morgan fingerprint density at radius 2 is 0.745 bits per heavy atom. The molecule has 0 aliphatic heterocycles. The summed E-state index contributed by atoms with van der Waals surface area (Å²) in [5.74, 6) is 0. The lowest BCUT2D eigenvalue weighted by Crippen LogP contribution is -2.76. The lowest BCUT2D eigenvalue weighted by atomic mass is 9.94. The van der Waals surface area contributed by atoms with E-state index in [-0.39, 0.29) is 12.8 Å². The highest BCUT2D eigenvalue weighted by molar-refractivity contribution is 8.12. The summed E-state index contributed by atoms with van der Waals surface area (Å²) in [5.41, 5.74) is 2.14. The van der Waals surface area contributed by atoms with Crippen LogP contribution in [-0.2, 0) is 49.8 Å². The molecule has 5 rings (SSSR count). The van der Waals surface area contributed by atoms with Gasteiger partial charge in [-0.2, -0.15) is 8.42 Å². The van der Waals surface area contributed by atoms with E-state index in [0.29, 0.717) is 22.3 Å². The third kappa shape index (κ3) is 6.05. The number of rotatable bonds is 10. The summed E-state index contributed by atoms with van der Waals surface area (Å²) in [6.07, 6.45) is -2.87. The molecule has 0 radical (unpaired) electrons. The molecule has 0 bridgehead atoms. The summed E-state index contributed by atoms with van der Waals surface area (Å²) >= 11 is 0. The Hall–Kier alpha value is -3.45. The first kappa shape index (κ1) is 38.8. The smallest absolute Gasteiger partial charge is 0.273 e. The molecule has 4 aromatic carbocycles. The summed E-state index contributed by atoms with van der Waals surface area (Å²) in [7, 11) is -29.3. The predicted molar refractivity (Wildman–Crippen MR) is 191 cm³/mol. The van der Waals surface area contributed by atoms with Gasteiger partial charge in [0, 0.05) is 0 Å². The molecule has 1 unspecified atom stereocenters. The normalized spacial score (nSPS) is 18.8. The molecule has 0 heterocycles.